The minimum atomic E-state index is -0.398. The zero-order chi connectivity index (χ0) is 24.4. The molecule has 7 heteroatoms. The number of hydrogen-bond acceptors (Lipinski definition) is 5. The number of nitro groups is 1. The first-order valence-corrected chi connectivity index (χ1v) is 12.2. The molecule has 0 bridgehead atoms. The van der Waals surface area contributed by atoms with Crippen molar-refractivity contribution in [1.82, 2.24) is 0 Å². The number of hydrogen-bond donors (Lipinski definition) is 1. The fraction of sp³-hybridized carbons (Fsp3) is 0.0714. The van der Waals surface area contributed by atoms with Crippen molar-refractivity contribution in [3.05, 3.63) is 112 Å². The van der Waals surface area contributed by atoms with Gasteiger partial charge in [0.2, 0.25) is 0 Å². The Kier molecular flexibility index (Phi) is 6.49. The van der Waals surface area contributed by atoms with Crippen LogP contribution >= 0.6 is 23.4 Å². The number of rotatable bonds is 7. The van der Waals surface area contributed by atoms with Gasteiger partial charge in [0.1, 0.15) is 5.75 Å². The van der Waals surface area contributed by atoms with Gasteiger partial charge in [-0.2, -0.15) is 0 Å². The van der Waals surface area contributed by atoms with Crippen LogP contribution in [0.25, 0.3) is 21.5 Å². The van der Waals surface area contributed by atoms with Crippen LogP contribution in [0.1, 0.15) is 5.56 Å². The van der Waals surface area contributed by atoms with Crippen molar-refractivity contribution in [1.29, 1.82) is 0 Å². The standard InChI is InChI=1S/C28H21ClN2O3S/c1-34-20-13-10-18(11-14-20)30-17-25-21-6-2-4-8-23(21)28(24-9-5-3-7-22(24)25)35-27-16-19(31(32)33)12-15-26(27)29/h2-16,30H,17H2,1H3. The molecule has 35 heavy (non-hydrogen) atoms. The number of anilines is 1. The average molecular weight is 501 g/mol. The molecular weight excluding hydrogens is 480 g/mol. The molecule has 0 heterocycles. The van der Waals surface area contributed by atoms with Gasteiger partial charge >= 0.3 is 0 Å². The Morgan fingerprint density at radius 1 is 0.886 bits per heavy atom. The molecule has 0 aliphatic carbocycles. The molecule has 5 nitrogen and oxygen atoms in total. The molecule has 0 saturated heterocycles. The smallest absolute Gasteiger partial charge is 0.270 e. The molecule has 5 rings (SSSR count). The number of halogens is 1. The van der Waals surface area contributed by atoms with E-state index in [0.717, 1.165) is 37.9 Å². The molecule has 0 amide bonds. The second-order valence-corrected chi connectivity index (χ2v) is 9.41. The van der Waals surface area contributed by atoms with E-state index in [1.165, 1.54) is 29.5 Å². The number of fused-ring (bicyclic) bond motifs is 2. The van der Waals surface area contributed by atoms with Crippen LogP contribution in [0.2, 0.25) is 5.02 Å². The summed E-state index contributed by atoms with van der Waals surface area (Å²) in [5.41, 5.74) is 2.20. The van der Waals surface area contributed by atoms with Crippen molar-refractivity contribution < 1.29 is 9.66 Å². The van der Waals surface area contributed by atoms with Gasteiger partial charge in [0.25, 0.3) is 5.69 Å². The lowest BCUT2D eigenvalue weighted by molar-refractivity contribution is -0.385. The van der Waals surface area contributed by atoms with E-state index < -0.39 is 4.92 Å². The molecule has 0 atom stereocenters. The van der Waals surface area contributed by atoms with E-state index in [0.29, 0.717) is 16.5 Å². The third-order valence-electron chi connectivity index (χ3n) is 5.89. The van der Waals surface area contributed by atoms with Crippen LogP contribution in [0.4, 0.5) is 11.4 Å². The first kappa shape index (κ1) is 23.0. The maximum Gasteiger partial charge on any atom is 0.270 e. The molecule has 0 aromatic heterocycles. The molecule has 0 spiro atoms. The van der Waals surface area contributed by atoms with Gasteiger partial charge < -0.3 is 10.1 Å². The monoisotopic (exact) mass is 500 g/mol. The number of nitrogens with one attached hydrogen (secondary N) is 1. The summed E-state index contributed by atoms with van der Waals surface area (Å²) >= 11 is 7.92. The van der Waals surface area contributed by atoms with Gasteiger partial charge in [0.05, 0.1) is 17.1 Å². The molecule has 0 saturated carbocycles. The normalized spacial score (nSPS) is 11.0. The molecule has 0 aliphatic heterocycles. The minimum absolute atomic E-state index is 0.0193. The van der Waals surface area contributed by atoms with Gasteiger partial charge in [-0.05, 0) is 57.4 Å². The first-order chi connectivity index (χ1) is 17.0. The molecule has 0 aliphatic rings. The maximum absolute atomic E-state index is 11.4. The summed E-state index contributed by atoms with van der Waals surface area (Å²) in [4.78, 5) is 12.6. The van der Waals surface area contributed by atoms with Gasteiger partial charge in [-0.15, -0.1) is 0 Å². The van der Waals surface area contributed by atoms with E-state index in [2.05, 4.69) is 29.6 Å². The minimum Gasteiger partial charge on any atom is -0.497 e. The topological polar surface area (TPSA) is 64.4 Å². The summed E-state index contributed by atoms with van der Waals surface area (Å²) < 4.78 is 5.26. The van der Waals surface area contributed by atoms with Crippen molar-refractivity contribution >= 4 is 56.3 Å². The molecule has 1 N–H and O–H groups in total. The lowest BCUT2D eigenvalue weighted by atomic mass is 9.96. The van der Waals surface area contributed by atoms with Crippen LogP contribution in [0.15, 0.2) is 101 Å². The zero-order valence-corrected chi connectivity index (χ0v) is 20.4. The summed E-state index contributed by atoms with van der Waals surface area (Å²) in [5, 5.41) is 19.8. The van der Waals surface area contributed by atoms with Crippen LogP contribution in [-0.4, -0.2) is 12.0 Å². The second-order valence-electron chi connectivity index (χ2n) is 7.95. The number of methoxy groups -OCH3 is 1. The van der Waals surface area contributed by atoms with Crippen molar-refractivity contribution in [2.45, 2.75) is 16.3 Å². The Hall–Kier alpha value is -3.74. The Labute approximate surface area is 211 Å². The van der Waals surface area contributed by atoms with Crippen LogP contribution in [0, 0.1) is 10.1 Å². The van der Waals surface area contributed by atoms with Gasteiger partial charge in [-0.25, -0.2) is 0 Å². The number of nitrogens with zero attached hydrogens (tertiary/aromatic N) is 1. The Bertz CT molecular complexity index is 1500. The van der Waals surface area contributed by atoms with E-state index in [9.17, 15) is 10.1 Å². The SMILES string of the molecule is COc1ccc(NCc2c3ccccc3c(Sc3cc([N+](=O)[O-])ccc3Cl)c3ccccc23)cc1. The van der Waals surface area contributed by atoms with Crippen molar-refractivity contribution in [2.75, 3.05) is 12.4 Å². The highest BCUT2D eigenvalue weighted by Crippen LogP contribution is 2.44. The fourth-order valence-corrected chi connectivity index (χ4v) is 5.55. The largest absolute Gasteiger partial charge is 0.497 e. The summed E-state index contributed by atoms with van der Waals surface area (Å²) in [7, 11) is 1.65. The fourth-order valence-electron chi connectivity index (χ4n) is 4.17. The highest BCUT2D eigenvalue weighted by atomic mass is 35.5. The average Bonchev–Trinajstić information content (AvgIpc) is 2.89. The lowest BCUT2D eigenvalue weighted by Crippen LogP contribution is -2.02. The van der Waals surface area contributed by atoms with Crippen LogP contribution in [0.5, 0.6) is 5.75 Å². The van der Waals surface area contributed by atoms with Crippen molar-refractivity contribution in [2.24, 2.45) is 0 Å². The summed E-state index contributed by atoms with van der Waals surface area (Å²) in [6.45, 7) is 0.635. The molecule has 5 aromatic rings. The van der Waals surface area contributed by atoms with Crippen LogP contribution in [0.3, 0.4) is 0 Å². The number of nitro benzene ring substituents is 1. The van der Waals surface area contributed by atoms with Crippen LogP contribution < -0.4 is 10.1 Å². The third kappa shape index (κ3) is 4.63. The molecule has 0 radical (unpaired) electrons. The maximum atomic E-state index is 11.4. The van der Waals surface area contributed by atoms with E-state index in [-0.39, 0.29) is 5.69 Å². The Morgan fingerprint density at radius 2 is 1.49 bits per heavy atom. The molecule has 174 valence electrons. The van der Waals surface area contributed by atoms with Gasteiger partial charge in [0.15, 0.2) is 0 Å². The number of benzene rings is 5. The van der Waals surface area contributed by atoms with E-state index in [4.69, 9.17) is 16.3 Å². The third-order valence-corrected chi connectivity index (χ3v) is 7.53. The molecule has 5 aromatic carbocycles. The van der Waals surface area contributed by atoms with E-state index in [1.807, 2.05) is 48.5 Å². The Balaban J connectivity index is 1.62. The summed E-state index contributed by atoms with van der Waals surface area (Å²) in [6.07, 6.45) is 0. The van der Waals surface area contributed by atoms with E-state index in [1.54, 1.807) is 13.2 Å². The summed E-state index contributed by atoms with van der Waals surface area (Å²) in [5.74, 6) is 0.813. The highest BCUT2D eigenvalue weighted by molar-refractivity contribution is 8.00. The molecule has 0 unspecified atom stereocenters. The Morgan fingerprint density at radius 3 is 2.06 bits per heavy atom. The van der Waals surface area contributed by atoms with Crippen molar-refractivity contribution in [3.8, 4) is 5.75 Å². The second kappa shape index (κ2) is 9.86. The number of non-ortho nitro benzene ring substituents is 1. The van der Waals surface area contributed by atoms with Gasteiger partial charge in [-0.1, -0.05) is 71.9 Å². The van der Waals surface area contributed by atoms with Crippen LogP contribution in [-0.2, 0) is 6.54 Å². The predicted molar refractivity (Wildman–Crippen MR) is 144 cm³/mol. The summed E-state index contributed by atoms with van der Waals surface area (Å²) in [6, 6.07) is 28.9. The lowest BCUT2D eigenvalue weighted by Gasteiger charge is -2.18. The predicted octanol–water partition coefficient (Wildman–Crippen LogP) is 8.33. The first-order valence-electron chi connectivity index (χ1n) is 11.0. The zero-order valence-electron chi connectivity index (χ0n) is 18.8. The van der Waals surface area contributed by atoms with Crippen molar-refractivity contribution in [3.63, 3.8) is 0 Å². The number of ether oxygens (including phenoxy) is 1. The molecular formula is C28H21ClN2O3S. The van der Waals surface area contributed by atoms with Gasteiger partial charge in [-0.3, -0.25) is 10.1 Å². The highest BCUT2D eigenvalue weighted by Gasteiger charge is 2.17. The van der Waals surface area contributed by atoms with Gasteiger partial charge in [0, 0.05) is 34.2 Å². The van der Waals surface area contributed by atoms with E-state index >= 15 is 0 Å². The quantitative estimate of drug-likeness (QED) is 0.138. The molecule has 0 fully saturated rings.